The summed E-state index contributed by atoms with van der Waals surface area (Å²) in [5, 5.41) is 4.98. The number of para-hydroxylation sites is 4. The van der Waals surface area contributed by atoms with Gasteiger partial charge >= 0.3 is 0 Å². The second kappa shape index (κ2) is 16.8. The van der Waals surface area contributed by atoms with E-state index in [1.54, 1.807) is 0 Å². The second-order valence-electron chi connectivity index (χ2n) is 20.4. The maximum absolute atomic E-state index is 5.74. The number of nitrogens with zero attached hydrogens (tertiary/aromatic N) is 4. The first kappa shape index (κ1) is 42.6. The predicted octanol–water partition coefficient (Wildman–Crippen LogP) is 18.0. The lowest BCUT2D eigenvalue weighted by Gasteiger charge is -2.19. The number of aromatic nitrogens is 4. The van der Waals surface area contributed by atoms with Gasteiger partial charge in [0.2, 0.25) is 0 Å². The summed E-state index contributed by atoms with van der Waals surface area (Å²) in [7, 11) is 0. The van der Waals surface area contributed by atoms with Gasteiger partial charge in [-0.3, -0.25) is 0 Å². The molecule has 0 fully saturated rings. The third kappa shape index (κ3) is 6.50. The highest BCUT2D eigenvalue weighted by Gasteiger charge is 2.36. The summed E-state index contributed by atoms with van der Waals surface area (Å²) >= 11 is 0. The van der Waals surface area contributed by atoms with Crippen molar-refractivity contribution < 1.29 is 0 Å². The summed E-state index contributed by atoms with van der Waals surface area (Å²) in [5.74, 6) is 0.572. The topological polar surface area (TPSA) is 35.6 Å². The lowest BCUT2D eigenvalue weighted by atomic mass is 9.90. The van der Waals surface area contributed by atoms with Crippen molar-refractivity contribution in [3.63, 3.8) is 0 Å². The van der Waals surface area contributed by atoms with E-state index in [1.165, 1.54) is 110 Å². The van der Waals surface area contributed by atoms with Crippen LogP contribution in [0.4, 0.5) is 0 Å². The Balaban J connectivity index is 0.819. The lowest BCUT2D eigenvalue weighted by molar-refractivity contribution is 0.826. The number of hydrogen-bond acceptors (Lipinski definition) is 2. The molecule has 3 heterocycles. The van der Waals surface area contributed by atoms with Crippen LogP contribution in [-0.4, -0.2) is 19.1 Å². The third-order valence-corrected chi connectivity index (χ3v) is 16.3. The molecular formula is C72H46N4. The van der Waals surface area contributed by atoms with Crippen molar-refractivity contribution in [1.82, 2.24) is 19.1 Å². The number of benzene rings is 11. The zero-order valence-electron chi connectivity index (χ0n) is 41.3. The Morgan fingerprint density at radius 2 is 0.671 bits per heavy atom. The van der Waals surface area contributed by atoms with Crippen LogP contribution in [-0.2, 0) is 0 Å². The highest BCUT2D eigenvalue weighted by Crippen LogP contribution is 2.52. The van der Waals surface area contributed by atoms with Gasteiger partial charge in [-0.25, -0.2) is 9.97 Å². The van der Waals surface area contributed by atoms with E-state index in [4.69, 9.17) is 9.97 Å². The fraction of sp³-hybridized carbons (Fsp3) is 0.0278. The standard InChI is InChI=1S/C72H46N4/c1-4-18-45(19-5-1)64-44-65(70-56-28-12-10-24-52(56)60-40-46(32-36-58(60)70)48-34-38-68-62(42-48)54-26-14-16-30-66(54)75(68)50-20-6-2-7-21-50)74-72(73-64)71-57-29-13-11-25-53(57)61-41-47(33-37-59(61)71)49-35-39-69-63(43-49)55-27-15-17-31-67(55)76(69)51-22-8-3-9-23-51/h1-44,70-71H. The molecule has 0 amide bonds. The van der Waals surface area contributed by atoms with E-state index >= 15 is 0 Å². The minimum Gasteiger partial charge on any atom is -0.309 e. The molecule has 4 nitrogen and oxygen atoms in total. The highest BCUT2D eigenvalue weighted by molar-refractivity contribution is 6.12. The Morgan fingerprint density at radius 1 is 0.263 bits per heavy atom. The van der Waals surface area contributed by atoms with Crippen LogP contribution < -0.4 is 0 Å². The monoisotopic (exact) mass is 966 g/mol. The van der Waals surface area contributed by atoms with E-state index in [0.29, 0.717) is 0 Å². The maximum atomic E-state index is 5.74. The molecule has 0 saturated heterocycles. The zero-order chi connectivity index (χ0) is 49.8. The highest BCUT2D eigenvalue weighted by atomic mass is 15.0. The SMILES string of the molecule is c1ccc(-c2cc(C3c4ccccc4-c4cc(-c5ccc6c(c5)c5ccccc5n6-c5ccccc5)ccc43)nc(C3c4ccccc4-c4cc(-c5ccc6c(c5)c5ccccc5n6-c5ccccc5)ccc43)n2)cc1. The van der Waals surface area contributed by atoms with Gasteiger partial charge in [0.05, 0.1) is 45.3 Å². The molecule has 4 heteroatoms. The quantitative estimate of drug-likeness (QED) is 0.160. The second-order valence-corrected chi connectivity index (χ2v) is 20.4. The molecule has 3 aromatic heterocycles. The molecule has 0 aliphatic heterocycles. The normalized spacial score (nSPS) is 14.3. The van der Waals surface area contributed by atoms with Gasteiger partial charge in [-0.05, 0) is 146 Å². The van der Waals surface area contributed by atoms with Crippen LogP contribution in [0.2, 0.25) is 0 Å². The van der Waals surface area contributed by atoms with E-state index in [0.717, 1.165) is 34.2 Å². The Morgan fingerprint density at radius 3 is 1.22 bits per heavy atom. The Kier molecular flexibility index (Phi) is 9.43. The fourth-order valence-electron chi connectivity index (χ4n) is 12.9. The Hall–Kier alpha value is -9.90. The van der Waals surface area contributed by atoms with Gasteiger partial charge in [0.15, 0.2) is 0 Å². The van der Waals surface area contributed by atoms with E-state index in [9.17, 15) is 0 Å². The average molecular weight is 967 g/mol. The van der Waals surface area contributed by atoms with E-state index in [2.05, 4.69) is 276 Å². The summed E-state index contributed by atoms with van der Waals surface area (Å²) in [6.45, 7) is 0. The van der Waals surface area contributed by atoms with Crippen molar-refractivity contribution >= 4 is 43.6 Å². The minimum atomic E-state index is -0.157. The average Bonchev–Trinajstić information content (AvgIpc) is 4.23. The lowest BCUT2D eigenvalue weighted by Crippen LogP contribution is -2.11. The fourth-order valence-corrected chi connectivity index (χ4v) is 12.9. The molecule has 0 N–H and O–H groups in total. The van der Waals surface area contributed by atoms with Crippen molar-refractivity contribution in [2.24, 2.45) is 0 Å². The number of hydrogen-bond donors (Lipinski definition) is 0. The van der Waals surface area contributed by atoms with Crippen LogP contribution in [0.1, 0.15) is 45.6 Å². The molecular weight excluding hydrogens is 921 g/mol. The van der Waals surface area contributed by atoms with Gasteiger partial charge in [0, 0.05) is 38.5 Å². The largest absolute Gasteiger partial charge is 0.309 e. The molecule has 11 aromatic carbocycles. The van der Waals surface area contributed by atoms with Crippen LogP contribution in [0.25, 0.3) is 111 Å². The van der Waals surface area contributed by atoms with Crippen LogP contribution in [0.15, 0.2) is 267 Å². The van der Waals surface area contributed by atoms with Gasteiger partial charge < -0.3 is 9.13 Å². The molecule has 354 valence electrons. The Labute approximate surface area is 440 Å². The molecule has 2 atom stereocenters. The molecule has 2 aliphatic carbocycles. The first-order valence-electron chi connectivity index (χ1n) is 26.3. The van der Waals surface area contributed by atoms with Gasteiger partial charge in [-0.2, -0.15) is 0 Å². The van der Waals surface area contributed by atoms with Gasteiger partial charge in [0.25, 0.3) is 0 Å². The molecule has 0 saturated carbocycles. The van der Waals surface area contributed by atoms with Gasteiger partial charge in [-0.1, -0.05) is 188 Å². The van der Waals surface area contributed by atoms with Gasteiger partial charge in [-0.15, -0.1) is 0 Å². The van der Waals surface area contributed by atoms with E-state index in [1.807, 2.05) is 0 Å². The molecule has 0 radical (unpaired) electrons. The summed E-state index contributed by atoms with van der Waals surface area (Å²) in [4.78, 5) is 11.3. The summed E-state index contributed by atoms with van der Waals surface area (Å²) in [6.07, 6.45) is 0. The van der Waals surface area contributed by atoms with E-state index in [-0.39, 0.29) is 11.8 Å². The van der Waals surface area contributed by atoms with Crippen LogP contribution in [0.3, 0.4) is 0 Å². The van der Waals surface area contributed by atoms with E-state index < -0.39 is 0 Å². The van der Waals surface area contributed by atoms with Gasteiger partial charge in [0.1, 0.15) is 5.82 Å². The number of rotatable bonds is 7. The zero-order valence-corrected chi connectivity index (χ0v) is 41.3. The molecule has 76 heavy (non-hydrogen) atoms. The first-order valence-corrected chi connectivity index (χ1v) is 26.3. The van der Waals surface area contributed by atoms with Crippen molar-refractivity contribution in [1.29, 1.82) is 0 Å². The Bertz CT molecular complexity index is 4370. The molecule has 0 spiro atoms. The maximum Gasteiger partial charge on any atom is 0.141 e. The summed E-state index contributed by atoms with van der Waals surface area (Å²) < 4.78 is 4.76. The molecule has 16 rings (SSSR count). The molecule has 2 aliphatic rings. The smallest absolute Gasteiger partial charge is 0.141 e. The predicted molar refractivity (Wildman–Crippen MR) is 313 cm³/mol. The first-order chi connectivity index (χ1) is 37.7. The third-order valence-electron chi connectivity index (χ3n) is 16.3. The van der Waals surface area contributed by atoms with Crippen LogP contribution in [0, 0.1) is 0 Å². The molecule has 0 bridgehead atoms. The van der Waals surface area contributed by atoms with Crippen molar-refractivity contribution in [2.75, 3.05) is 0 Å². The van der Waals surface area contributed by atoms with Crippen molar-refractivity contribution in [2.45, 2.75) is 11.8 Å². The van der Waals surface area contributed by atoms with Crippen LogP contribution >= 0.6 is 0 Å². The summed E-state index contributed by atoms with van der Waals surface area (Å²) in [5.41, 5.74) is 24.8. The number of fused-ring (bicyclic) bond motifs is 12. The van der Waals surface area contributed by atoms with Crippen molar-refractivity contribution in [3.8, 4) is 67.1 Å². The van der Waals surface area contributed by atoms with Crippen LogP contribution in [0.5, 0.6) is 0 Å². The molecule has 14 aromatic rings. The summed E-state index contributed by atoms with van der Waals surface area (Å²) in [6, 6.07) is 97.6. The molecule has 2 unspecified atom stereocenters. The van der Waals surface area contributed by atoms with Crippen molar-refractivity contribution in [3.05, 3.63) is 301 Å². The minimum absolute atomic E-state index is 0.0861.